The number of carbonyl (C=O) groups is 2. The highest BCUT2D eigenvalue weighted by Gasteiger charge is 2.28. The van der Waals surface area contributed by atoms with E-state index >= 15 is 0 Å². The van der Waals surface area contributed by atoms with Gasteiger partial charge in [-0.15, -0.1) is 22.7 Å². The van der Waals surface area contributed by atoms with E-state index in [-0.39, 0.29) is 17.7 Å². The first kappa shape index (κ1) is 42.4. The number of piperazine rings is 1. The van der Waals surface area contributed by atoms with Crippen LogP contribution in [0.3, 0.4) is 0 Å². The summed E-state index contributed by atoms with van der Waals surface area (Å²) >= 11 is 3.26. The van der Waals surface area contributed by atoms with Gasteiger partial charge in [0.2, 0.25) is 0 Å². The molecule has 0 unspecified atom stereocenters. The fourth-order valence-corrected chi connectivity index (χ4v) is 8.29. The van der Waals surface area contributed by atoms with Gasteiger partial charge in [0, 0.05) is 58.2 Å². The Bertz CT molecular complexity index is 2220. The van der Waals surface area contributed by atoms with E-state index in [0.717, 1.165) is 84.9 Å². The van der Waals surface area contributed by atoms with Crippen molar-refractivity contribution in [2.75, 3.05) is 65.4 Å². The number of amides is 2. The number of hydrogen-bond acceptors (Lipinski definition) is 12. The van der Waals surface area contributed by atoms with Crippen molar-refractivity contribution in [1.82, 2.24) is 59.1 Å². The number of rotatable bonds is 14. The maximum Gasteiger partial charge on any atom is 0.257 e. The Morgan fingerprint density at radius 3 is 1.83 bits per heavy atom. The van der Waals surface area contributed by atoms with Gasteiger partial charge in [0.15, 0.2) is 0 Å². The lowest BCUT2D eigenvalue weighted by atomic mass is 10.0. The second-order valence-corrected chi connectivity index (χ2v) is 16.0. The molecule has 0 N–H and O–H groups in total. The number of carbonyl (C=O) groups excluding carboxylic acids is 2. The van der Waals surface area contributed by atoms with Crippen LogP contribution < -0.4 is 0 Å². The third-order valence-corrected chi connectivity index (χ3v) is 12.2. The number of nitrogens with zero attached hydrogens (tertiary/aromatic N) is 12. The fourth-order valence-electron chi connectivity index (χ4n) is 6.90. The predicted octanol–water partition coefficient (Wildman–Crippen LogP) is 6.80. The lowest BCUT2D eigenvalue weighted by Crippen LogP contribution is -2.48. The van der Waals surface area contributed by atoms with Crippen LogP contribution >= 0.6 is 22.7 Å². The standard InChI is InChI=1S/C21H26N6OS.C21H28N6OS/c1-4-25-9-11-26(12-10-25)20(28)16-14-23-27(19(16)15(2)3)21-22-8-7-17(24-21)18-6-5-13-29-18;1-5-25(6-2)12-13-26(7-3)20(28)17-15-23-27(16(17)4)21-22-11-10-18(24-21)19-9-8-14-29-19/h5-8,13-15H,4,9-12H2,1-3H3;8-11,14-15H,5-7,12-13H2,1-4H3. The quantitative estimate of drug-likeness (QED) is 0.116. The average Bonchev–Trinajstić information content (AvgIpc) is 4.11. The summed E-state index contributed by atoms with van der Waals surface area (Å²) in [6, 6.07) is 11.8. The SMILES string of the molecule is CCN(CC)CCN(CC)C(=O)c1cnn(-c2nccc(-c3cccs3)n2)c1C.CCN1CCN(C(=O)c2cnn(-c3nccc(-c4cccs4)n3)c2C(C)C)CC1. The zero-order valence-corrected chi connectivity index (χ0v) is 36.2. The Balaban J connectivity index is 0.000000196. The van der Waals surface area contributed by atoms with Crippen LogP contribution in [0.1, 0.15) is 79.6 Å². The molecule has 16 heteroatoms. The third-order valence-electron chi connectivity index (χ3n) is 10.4. The summed E-state index contributed by atoms with van der Waals surface area (Å²) < 4.78 is 3.36. The van der Waals surface area contributed by atoms with E-state index in [1.807, 2.05) is 70.8 Å². The minimum atomic E-state index is -0.00202. The zero-order valence-electron chi connectivity index (χ0n) is 34.6. The minimum absolute atomic E-state index is 0.00202. The zero-order chi connectivity index (χ0) is 41.2. The molecule has 58 heavy (non-hydrogen) atoms. The highest BCUT2D eigenvalue weighted by molar-refractivity contribution is 7.13. The molecule has 0 aliphatic carbocycles. The molecule has 1 saturated heterocycles. The van der Waals surface area contributed by atoms with Crippen molar-refractivity contribution >= 4 is 34.5 Å². The summed E-state index contributed by atoms with van der Waals surface area (Å²) in [6.07, 6.45) is 6.76. The molecule has 6 aromatic rings. The topological polar surface area (TPSA) is 134 Å². The van der Waals surface area contributed by atoms with Crippen LogP contribution in [-0.2, 0) is 0 Å². The first-order valence-corrected chi connectivity index (χ1v) is 21.8. The highest BCUT2D eigenvalue weighted by atomic mass is 32.1. The van der Waals surface area contributed by atoms with Crippen molar-refractivity contribution < 1.29 is 9.59 Å². The molecule has 0 atom stereocenters. The van der Waals surface area contributed by atoms with E-state index in [9.17, 15) is 9.59 Å². The van der Waals surface area contributed by atoms with Crippen LogP contribution in [0.4, 0.5) is 0 Å². The first-order chi connectivity index (χ1) is 28.2. The van der Waals surface area contributed by atoms with Gasteiger partial charge >= 0.3 is 0 Å². The smallest absolute Gasteiger partial charge is 0.257 e. The number of aromatic nitrogens is 8. The normalized spacial score (nSPS) is 13.2. The average molecular weight is 823 g/mol. The van der Waals surface area contributed by atoms with E-state index in [2.05, 4.69) is 69.6 Å². The van der Waals surface area contributed by atoms with Gasteiger partial charge in [-0.05, 0) is 74.4 Å². The van der Waals surface area contributed by atoms with Crippen molar-refractivity contribution in [3.8, 4) is 33.0 Å². The molecule has 1 fully saturated rings. The van der Waals surface area contributed by atoms with Crippen molar-refractivity contribution in [2.24, 2.45) is 0 Å². The van der Waals surface area contributed by atoms with E-state index in [4.69, 9.17) is 4.98 Å². The number of thiophene rings is 2. The molecule has 14 nitrogen and oxygen atoms in total. The lowest BCUT2D eigenvalue weighted by Gasteiger charge is -2.34. The van der Waals surface area contributed by atoms with Gasteiger partial charge in [-0.3, -0.25) is 9.59 Å². The first-order valence-electron chi connectivity index (χ1n) is 20.1. The second kappa shape index (κ2) is 20.0. The van der Waals surface area contributed by atoms with Crippen LogP contribution in [0.2, 0.25) is 0 Å². The summed E-state index contributed by atoms with van der Waals surface area (Å²) in [6.45, 7) is 23.0. The van der Waals surface area contributed by atoms with Crippen molar-refractivity contribution in [1.29, 1.82) is 0 Å². The molecule has 1 aliphatic rings. The molecule has 0 spiro atoms. The van der Waals surface area contributed by atoms with Gasteiger partial charge in [-0.1, -0.05) is 46.8 Å². The summed E-state index contributed by atoms with van der Waals surface area (Å²) in [4.78, 5) is 55.1. The maximum atomic E-state index is 13.2. The van der Waals surface area contributed by atoms with Gasteiger partial charge in [0.1, 0.15) is 0 Å². The summed E-state index contributed by atoms with van der Waals surface area (Å²) in [5, 5.41) is 13.0. The number of hydrogen-bond donors (Lipinski definition) is 0. The monoisotopic (exact) mass is 822 g/mol. The van der Waals surface area contributed by atoms with E-state index in [1.165, 1.54) is 0 Å². The molecule has 7 heterocycles. The third kappa shape index (κ3) is 9.74. The largest absolute Gasteiger partial charge is 0.338 e. The van der Waals surface area contributed by atoms with Crippen molar-refractivity contribution in [2.45, 2.75) is 54.4 Å². The Morgan fingerprint density at radius 1 is 0.741 bits per heavy atom. The molecule has 2 amide bonds. The fraction of sp³-hybridized carbons (Fsp3) is 0.429. The van der Waals surface area contributed by atoms with Gasteiger partial charge in [0.25, 0.3) is 23.7 Å². The maximum absolute atomic E-state index is 13.2. The molecule has 7 rings (SSSR count). The molecule has 0 bridgehead atoms. The van der Waals surface area contributed by atoms with Gasteiger partial charge < -0.3 is 19.6 Å². The Hall–Kier alpha value is -5.16. The van der Waals surface area contributed by atoms with Crippen molar-refractivity contribution in [3.05, 3.63) is 94.5 Å². The van der Waals surface area contributed by atoms with Crippen LogP contribution in [0, 0.1) is 6.92 Å². The van der Waals surface area contributed by atoms with Gasteiger partial charge in [0.05, 0.1) is 56.1 Å². The lowest BCUT2D eigenvalue weighted by molar-refractivity contribution is 0.0641. The van der Waals surface area contributed by atoms with E-state index < -0.39 is 0 Å². The summed E-state index contributed by atoms with van der Waals surface area (Å²) in [5.41, 5.74) is 4.56. The number of likely N-dealkylation sites (N-methyl/N-ethyl adjacent to an activating group) is 3. The van der Waals surface area contributed by atoms with Crippen LogP contribution in [-0.4, -0.2) is 136 Å². The van der Waals surface area contributed by atoms with Crippen LogP contribution in [0.25, 0.3) is 33.0 Å². The van der Waals surface area contributed by atoms with Crippen LogP contribution in [0.5, 0.6) is 0 Å². The van der Waals surface area contributed by atoms with E-state index in [0.29, 0.717) is 36.1 Å². The Morgan fingerprint density at radius 2 is 1.31 bits per heavy atom. The summed E-state index contributed by atoms with van der Waals surface area (Å²) in [5.74, 6) is 1.12. The van der Waals surface area contributed by atoms with Crippen LogP contribution in [0.15, 0.2) is 71.9 Å². The molecule has 306 valence electrons. The second-order valence-electron chi connectivity index (χ2n) is 14.1. The Kier molecular flexibility index (Phi) is 14.6. The molecule has 0 radical (unpaired) electrons. The molecule has 0 aromatic carbocycles. The van der Waals surface area contributed by atoms with Crippen molar-refractivity contribution in [3.63, 3.8) is 0 Å². The molecule has 0 saturated carbocycles. The van der Waals surface area contributed by atoms with Gasteiger partial charge in [-0.2, -0.15) is 10.2 Å². The summed E-state index contributed by atoms with van der Waals surface area (Å²) in [7, 11) is 0. The predicted molar refractivity (Wildman–Crippen MR) is 231 cm³/mol. The van der Waals surface area contributed by atoms with E-state index in [1.54, 1.807) is 56.8 Å². The molecule has 1 aliphatic heterocycles. The highest BCUT2D eigenvalue weighted by Crippen LogP contribution is 2.27. The minimum Gasteiger partial charge on any atom is -0.338 e. The Labute approximate surface area is 349 Å². The van der Waals surface area contributed by atoms with Gasteiger partial charge in [-0.25, -0.2) is 29.3 Å². The molecule has 6 aromatic heterocycles. The molecular formula is C42H54N12O2S2. The molecular weight excluding hydrogens is 769 g/mol.